The summed E-state index contributed by atoms with van der Waals surface area (Å²) >= 11 is 2.46. The number of nitrogens with zero attached hydrogens (tertiary/aromatic N) is 1. The van der Waals surface area contributed by atoms with Gasteiger partial charge in [-0.25, -0.2) is 0 Å². The van der Waals surface area contributed by atoms with Crippen LogP contribution in [0.4, 0.5) is 0 Å². The first-order valence-electron chi connectivity index (χ1n) is 10.5. The summed E-state index contributed by atoms with van der Waals surface area (Å²) in [7, 11) is 0. The topological polar surface area (TPSA) is 4.93 Å². The van der Waals surface area contributed by atoms with Crippen molar-refractivity contribution in [3.05, 3.63) is 106 Å². The van der Waals surface area contributed by atoms with Crippen LogP contribution in [-0.2, 0) is 0 Å². The highest BCUT2D eigenvalue weighted by Crippen LogP contribution is 2.41. The van der Waals surface area contributed by atoms with Crippen molar-refractivity contribution in [3.8, 4) is 5.69 Å². The number of allylic oxidation sites excluding steroid dienone is 1. The molecule has 0 saturated heterocycles. The molecule has 0 aliphatic heterocycles. The van der Waals surface area contributed by atoms with Crippen LogP contribution >= 0.6 is 22.6 Å². The summed E-state index contributed by atoms with van der Waals surface area (Å²) in [5.74, 6) is 0. The molecule has 0 bridgehead atoms. The Labute approximate surface area is 194 Å². The molecule has 5 aromatic carbocycles. The second kappa shape index (κ2) is 7.24. The first-order chi connectivity index (χ1) is 15.3. The van der Waals surface area contributed by atoms with Crippen LogP contribution in [-0.4, -0.2) is 4.57 Å². The minimum atomic E-state index is 1.22. The van der Waals surface area contributed by atoms with E-state index in [1.54, 1.807) is 0 Å². The van der Waals surface area contributed by atoms with E-state index in [1.165, 1.54) is 58.2 Å². The maximum atomic E-state index is 2.47. The third-order valence-electron chi connectivity index (χ3n) is 6.15. The van der Waals surface area contributed by atoms with Crippen molar-refractivity contribution in [2.75, 3.05) is 0 Å². The predicted molar refractivity (Wildman–Crippen MR) is 143 cm³/mol. The molecule has 31 heavy (non-hydrogen) atoms. The summed E-state index contributed by atoms with van der Waals surface area (Å²) in [6.07, 6.45) is 4.38. The highest BCUT2D eigenvalue weighted by atomic mass is 127. The second-order valence-corrected chi connectivity index (χ2v) is 9.03. The summed E-state index contributed by atoms with van der Waals surface area (Å²) in [5.41, 5.74) is 5.01. The zero-order valence-electron chi connectivity index (χ0n) is 17.1. The Kier molecular flexibility index (Phi) is 4.35. The molecular formula is C29H20IN. The molecule has 2 heteroatoms. The summed E-state index contributed by atoms with van der Waals surface area (Å²) in [6, 6.07) is 33.0. The Balaban J connectivity index is 1.92. The van der Waals surface area contributed by atoms with Gasteiger partial charge in [0.25, 0.3) is 0 Å². The smallest absolute Gasteiger partial charge is 0.0624 e. The van der Waals surface area contributed by atoms with Gasteiger partial charge in [0.2, 0.25) is 0 Å². The first-order valence-corrected chi connectivity index (χ1v) is 11.6. The number of halogens is 1. The zero-order valence-corrected chi connectivity index (χ0v) is 19.3. The highest BCUT2D eigenvalue weighted by Gasteiger charge is 2.19. The van der Waals surface area contributed by atoms with E-state index < -0.39 is 0 Å². The molecule has 0 aliphatic rings. The van der Waals surface area contributed by atoms with E-state index in [0.29, 0.717) is 0 Å². The van der Waals surface area contributed by atoms with Crippen molar-refractivity contribution in [1.82, 2.24) is 4.57 Å². The van der Waals surface area contributed by atoms with Gasteiger partial charge >= 0.3 is 0 Å². The summed E-state index contributed by atoms with van der Waals surface area (Å²) in [5, 5.41) is 7.72. The van der Waals surface area contributed by atoms with Crippen molar-refractivity contribution in [2.45, 2.75) is 6.92 Å². The molecule has 6 rings (SSSR count). The normalized spacial score (nSPS) is 12.1. The molecule has 148 valence electrons. The van der Waals surface area contributed by atoms with Crippen LogP contribution in [0, 0.1) is 3.57 Å². The number of rotatable bonds is 2. The van der Waals surface area contributed by atoms with Crippen LogP contribution in [0.25, 0.3) is 55.1 Å². The number of benzene rings is 5. The number of hydrogen-bond donors (Lipinski definition) is 0. The van der Waals surface area contributed by atoms with Crippen molar-refractivity contribution >= 4 is 72.0 Å². The fourth-order valence-corrected chi connectivity index (χ4v) is 5.47. The molecule has 6 aromatic rings. The number of aromatic nitrogens is 1. The standard InChI is InChI=1S/C29H20IN/c1-2-8-23-25(30)17-16-24-28-22-13-6-4-10-20(22)15-18-27(28)31(29(23)24)26-14-7-11-19-9-3-5-12-21(19)26/h2-18H,1H3/b8-2-. The lowest BCUT2D eigenvalue weighted by molar-refractivity contribution is 1.19. The van der Waals surface area contributed by atoms with Crippen molar-refractivity contribution in [2.24, 2.45) is 0 Å². The largest absolute Gasteiger partial charge is 0.308 e. The fraction of sp³-hybridized carbons (Fsp3) is 0.0345. The van der Waals surface area contributed by atoms with Gasteiger partial charge in [-0.2, -0.15) is 0 Å². The Morgan fingerprint density at radius 1 is 0.677 bits per heavy atom. The Morgan fingerprint density at radius 2 is 1.39 bits per heavy atom. The van der Waals surface area contributed by atoms with E-state index in [4.69, 9.17) is 0 Å². The molecule has 0 aliphatic carbocycles. The maximum Gasteiger partial charge on any atom is 0.0624 e. The lowest BCUT2D eigenvalue weighted by Crippen LogP contribution is -1.97. The maximum absolute atomic E-state index is 2.47. The molecule has 0 saturated carbocycles. The lowest BCUT2D eigenvalue weighted by Gasteiger charge is -2.13. The second-order valence-electron chi connectivity index (χ2n) is 7.87. The molecule has 0 amide bonds. The lowest BCUT2D eigenvalue weighted by atomic mass is 10.0. The Bertz CT molecular complexity index is 1650. The molecule has 1 heterocycles. The van der Waals surface area contributed by atoms with Crippen molar-refractivity contribution in [1.29, 1.82) is 0 Å². The van der Waals surface area contributed by atoms with Crippen LogP contribution in [0.5, 0.6) is 0 Å². The summed E-state index contributed by atoms with van der Waals surface area (Å²) < 4.78 is 3.73. The third-order valence-corrected chi connectivity index (χ3v) is 7.09. The highest BCUT2D eigenvalue weighted by molar-refractivity contribution is 14.1. The fourth-order valence-electron chi connectivity index (χ4n) is 4.85. The quantitative estimate of drug-likeness (QED) is 0.206. The van der Waals surface area contributed by atoms with Gasteiger partial charge in [0.1, 0.15) is 0 Å². The van der Waals surface area contributed by atoms with Gasteiger partial charge in [-0.1, -0.05) is 84.9 Å². The van der Waals surface area contributed by atoms with Gasteiger partial charge in [0.05, 0.1) is 16.7 Å². The Hall–Kier alpha value is -3.11. The average Bonchev–Trinajstić information content (AvgIpc) is 3.15. The van der Waals surface area contributed by atoms with E-state index >= 15 is 0 Å². The molecule has 1 aromatic heterocycles. The van der Waals surface area contributed by atoms with Gasteiger partial charge in [-0.05, 0) is 63.9 Å². The van der Waals surface area contributed by atoms with E-state index in [2.05, 4.69) is 137 Å². The minimum absolute atomic E-state index is 1.22. The molecule has 0 N–H and O–H groups in total. The number of hydrogen-bond acceptors (Lipinski definition) is 0. The van der Waals surface area contributed by atoms with Gasteiger partial charge in [0.15, 0.2) is 0 Å². The van der Waals surface area contributed by atoms with Crippen molar-refractivity contribution in [3.63, 3.8) is 0 Å². The summed E-state index contributed by atoms with van der Waals surface area (Å²) in [6.45, 7) is 2.09. The van der Waals surface area contributed by atoms with E-state index in [9.17, 15) is 0 Å². The molecule has 0 unspecified atom stereocenters. The Morgan fingerprint density at radius 3 is 2.19 bits per heavy atom. The van der Waals surface area contributed by atoms with Crippen LogP contribution in [0.15, 0.2) is 97.1 Å². The van der Waals surface area contributed by atoms with Gasteiger partial charge in [-0.15, -0.1) is 0 Å². The van der Waals surface area contributed by atoms with E-state index in [1.807, 2.05) is 0 Å². The van der Waals surface area contributed by atoms with Gasteiger partial charge in [0, 0.05) is 25.3 Å². The molecule has 0 spiro atoms. The molecule has 0 fully saturated rings. The van der Waals surface area contributed by atoms with Crippen molar-refractivity contribution < 1.29 is 0 Å². The predicted octanol–water partition coefficient (Wildman–Crippen LogP) is 8.73. The molecule has 1 nitrogen and oxygen atoms in total. The van der Waals surface area contributed by atoms with E-state index in [0.717, 1.165) is 0 Å². The van der Waals surface area contributed by atoms with Crippen LogP contribution < -0.4 is 0 Å². The number of fused-ring (bicyclic) bond motifs is 6. The molecular weight excluding hydrogens is 489 g/mol. The van der Waals surface area contributed by atoms with Gasteiger partial charge in [-0.3, -0.25) is 0 Å². The summed E-state index contributed by atoms with van der Waals surface area (Å²) in [4.78, 5) is 0. The third kappa shape index (κ3) is 2.75. The van der Waals surface area contributed by atoms with Crippen LogP contribution in [0.2, 0.25) is 0 Å². The van der Waals surface area contributed by atoms with Crippen LogP contribution in [0.3, 0.4) is 0 Å². The SMILES string of the molecule is C/C=C\c1c(I)ccc2c3c4ccccc4ccc3n(-c3cccc4ccccc34)c12. The molecule has 0 radical (unpaired) electrons. The zero-order chi connectivity index (χ0) is 20.9. The molecule has 0 atom stereocenters. The first kappa shape index (κ1) is 18.6. The monoisotopic (exact) mass is 509 g/mol. The van der Waals surface area contributed by atoms with Gasteiger partial charge < -0.3 is 4.57 Å². The van der Waals surface area contributed by atoms with E-state index in [-0.39, 0.29) is 0 Å². The minimum Gasteiger partial charge on any atom is -0.308 e. The van der Waals surface area contributed by atoms with Crippen LogP contribution in [0.1, 0.15) is 12.5 Å². The average molecular weight is 509 g/mol.